The van der Waals surface area contributed by atoms with E-state index in [4.69, 9.17) is 4.74 Å². The molecule has 0 spiro atoms. The van der Waals surface area contributed by atoms with Crippen molar-refractivity contribution < 1.29 is 27.8 Å². The van der Waals surface area contributed by atoms with Gasteiger partial charge in [0.05, 0.1) is 5.69 Å². The van der Waals surface area contributed by atoms with E-state index in [-0.39, 0.29) is 17.9 Å². The average Bonchev–Trinajstić information content (AvgIpc) is 3.13. The van der Waals surface area contributed by atoms with Crippen molar-refractivity contribution in [1.82, 2.24) is 0 Å². The summed E-state index contributed by atoms with van der Waals surface area (Å²) < 4.78 is 34.3. The van der Waals surface area contributed by atoms with Crippen LogP contribution < -0.4 is 10.1 Å². The molecule has 9 heteroatoms. The van der Waals surface area contributed by atoms with Crippen LogP contribution in [0.2, 0.25) is 0 Å². The van der Waals surface area contributed by atoms with Crippen molar-refractivity contribution >= 4 is 39.2 Å². The molecule has 1 aliphatic heterocycles. The first-order valence-electron chi connectivity index (χ1n) is 8.78. The summed E-state index contributed by atoms with van der Waals surface area (Å²) in [5.41, 5.74) is 0.0950. The topological polar surface area (TPSA) is 64.6 Å². The third-order valence-corrected chi connectivity index (χ3v) is 6.93. The molecular weight excluding hydrogens is 396 g/mol. The molecule has 1 N–H and O–H groups in total. The number of hydrogen-bond acceptors (Lipinski definition) is 6. The van der Waals surface area contributed by atoms with Crippen molar-refractivity contribution in [2.45, 2.75) is 57.0 Å². The maximum Gasteiger partial charge on any atom is 0.387 e. The smallest absolute Gasteiger partial charge is 0.387 e. The lowest BCUT2D eigenvalue weighted by molar-refractivity contribution is -0.153. The summed E-state index contributed by atoms with van der Waals surface area (Å²) in [5, 5.41) is 3.12. The summed E-state index contributed by atoms with van der Waals surface area (Å²) in [6, 6.07) is 5.84. The summed E-state index contributed by atoms with van der Waals surface area (Å²) in [6.45, 7) is -1.56. The van der Waals surface area contributed by atoms with Crippen LogP contribution in [0.4, 0.5) is 14.5 Å². The maximum atomic E-state index is 12.4. The van der Waals surface area contributed by atoms with Gasteiger partial charge < -0.3 is 14.8 Å². The molecule has 1 aliphatic rings. The summed E-state index contributed by atoms with van der Waals surface area (Å²) in [4.78, 5) is 24.0. The number of benzene rings is 1. The number of amides is 1. The highest BCUT2D eigenvalue weighted by Gasteiger charge is 2.20. The SMILES string of the molecule is C[C@H](OC(=O)CCCC[C@@H]1CCSS1)C(=O)Nc1ccccc1OC(F)F. The average molecular weight is 420 g/mol. The number of para-hydroxylation sites is 2. The largest absolute Gasteiger partial charge is 0.453 e. The van der Waals surface area contributed by atoms with Gasteiger partial charge in [-0.3, -0.25) is 9.59 Å². The monoisotopic (exact) mass is 419 g/mol. The third kappa shape index (κ3) is 7.96. The van der Waals surface area contributed by atoms with Gasteiger partial charge in [0, 0.05) is 17.4 Å². The lowest BCUT2D eigenvalue weighted by atomic mass is 10.1. The molecule has 0 radical (unpaired) electrons. The summed E-state index contributed by atoms with van der Waals surface area (Å²) in [6.07, 6.45) is 3.20. The number of ether oxygens (including phenoxy) is 2. The molecule has 0 aliphatic carbocycles. The van der Waals surface area contributed by atoms with Crippen LogP contribution in [0.5, 0.6) is 5.75 Å². The van der Waals surface area contributed by atoms with Gasteiger partial charge in [-0.25, -0.2) is 0 Å². The van der Waals surface area contributed by atoms with Gasteiger partial charge in [0.1, 0.15) is 5.75 Å². The molecule has 1 heterocycles. The first-order chi connectivity index (χ1) is 13.0. The van der Waals surface area contributed by atoms with Crippen LogP contribution in [-0.2, 0) is 14.3 Å². The second-order valence-corrected chi connectivity index (χ2v) is 8.86. The fourth-order valence-electron chi connectivity index (χ4n) is 2.52. The molecule has 0 aromatic heterocycles. The van der Waals surface area contributed by atoms with E-state index >= 15 is 0 Å². The van der Waals surface area contributed by atoms with Crippen LogP contribution in [0, 0.1) is 0 Å². The Morgan fingerprint density at radius 1 is 1.30 bits per heavy atom. The molecule has 150 valence electrons. The summed E-state index contributed by atoms with van der Waals surface area (Å²) >= 11 is 0. The van der Waals surface area contributed by atoms with Gasteiger partial charge in [0.2, 0.25) is 0 Å². The number of alkyl halides is 2. The first-order valence-corrected chi connectivity index (χ1v) is 11.2. The molecule has 5 nitrogen and oxygen atoms in total. The molecule has 0 unspecified atom stereocenters. The highest BCUT2D eigenvalue weighted by Crippen LogP contribution is 2.39. The molecule has 1 fully saturated rings. The molecule has 1 aromatic carbocycles. The van der Waals surface area contributed by atoms with Crippen LogP contribution in [0.3, 0.4) is 0 Å². The van der Waals surface area contributed by atoms with E-state index in [0.29, 0.717) is 5.25 Å². The Hall–Kier alpha value is -1.48. The van der Waals surface area contributed by atoms with Crippen molar-refractivity contribution in [3.63, 3.8) is 0 Å². The quantitative estimate of drug-likeness (QED) is 0.332. The number of halogens is 2. The highest BCUT2D eigenvalue weighted by molar-refractivity contribution is 8.77. The van der Waals surface area contributed by atoms with E-state index in [1.165, 1.54) is 37.3 Å². The van der Waals surface area contributed by atoms with Crippen molar-refractivity contribution in [3.8, 4) is 5.75 Å². The number of hydrogen-bond donors (Lipinski definition) is 1. The van der Waals surface area contributed by atoms with Gasteiger partial charge in [-0.2, -0.15) is 8.78 Å². The van der Waals surface area contributed by atoms with E-state index in [2.05, 4.69) is 10.1 Å². The predicted octanol–water partition coefficient (Wildman–Crippen LogP) is 4.87. The molecular formula is C18H23F2NO4S2. The lowest BCUT2D eigenvalue weighted by Crippen LogP contribution is -2.30. The second-order valence-electron chi connectivity index (χ2n) is 6.07. The third-order valence-electron chi connectivity index (χ3n) is 3.92. The Labute approximate surface area is 165 Å². The van der Waals surface area contributed by atoms with Crippen LogP contribution in [-0.4, -0.2) is 35.6 Å². The number of esters is 1. The van der Waals surface area contributed by atoms with E-state index < -0.39 is 24.6 Å². The highest BCUT2D eigenvalue weighted by atomic mass is 33.1. The van der Waals surface area contributed by atoms with Crippen molar-refractivity contribution in [1.29, 1.82) is 0 Å². The molecule has 2 rings (SSSR count). The second kappa shape index (κ2) is 11.4. The predicted molar refractivity (Wildman–Crippen MR) is 104 cm³/mol. The van der Waals surface area contributed by atoms with Crippen LogP contribution >= 0.6 is 21.6 Å². The molecule has 1 amide bonds. The van der Waals surface area contributed by atoms with Gasteiger partial charge in [0.15, 0.2) is 6.10 Å². The zero-order chi connectivity index (χ0) is 19.6. The van der Waals surface area contributed by atoms with E-state index in [0.717, 1.165) is 19.3 Å². The Kier molecular flexibility index (Phi) is 9.20. The molecule has 27 heavy (non-hydrogen) atoms. The number of carbonyl (C=O) groups excluding carboxylic acids is 2. The van der Waals surface area contributed by atoms with Crippen molar-refractivity contribution in [3.05, 3.63) is 24.3 Å². The van der Waals surface area contributed by atoms with Crippen LogP contribution in [0.1, 0.15) is 39.0 Å². The Morgan fingerprint density at radius 3 is 2.78 bits per heavy atom. The Bertz CT molecular complexity index is 627. The number of nitrogens with one attached hydrogen (secondary N) is 1. The number of carbonyl (C=O) groups is 2. The number of rotatable bonds is 10. The van der Waals surface area contributed by atoms with Gasteiger partial charge >= 0.3 is 12.6 Å². The molecule has 1 aromatic rings. The Morgan fingerprint density at radius 2 is 2.07 bits per heavy atom. The fourth-order valence-corrected chi connectivity index (χ4v) is 5.55. The first kappa shape index (κ1) is 21.8. The van der Waals surface area contributed by atoms with Crippen molar-refractivity contribution in [2.75, 3.05) is 11.1 Å². The minimum Gasteiger partial charge on any atom is -0.453 e. The Balaban J connectivity index is 1.72. The van der Waals surface area contributed by atoms with Gasteiger partial charge in [-0.05, 0) is 38.3 Å². The zero-order valence-electron chi connectivity index (χ0n) is 15.0. The van der Waals surface area contributed by atoms with Gasteiger partial charge in [-0.1, -0.05) is 40.1 Å². The normalized spacial score (nSPS) is 17.6. The summed E-state index contributed by atoms with van der Waals surface area (Å²) in [7, 11) is 3.80. The van der Waals surface area contributed by atoms with E-state index in [1.54, 1.807) is 6.07 Å². The fraction of sp³-hybridized carbons (Fsp3) is 0.556. The van der Waals surface area contributed by atoms with Crippen LogP contribution in [0.15, 0.2) is 24.3 Å². The standard InChI is InChI=1S/C18H23F2NO4S2/c1-12(24-16(22)9-5-2-6-13-10-11-26-27-13)17(23)21-14-7-3-4-8-15(14)25-18(19)20/h3-4,7-8,12-13,18H,2,5-6,9-11H2,1H3,(H,21,23)/t12-,13+/m0/s1. The van der Waals surface area contributed by atoms with Gasteiger partial charge in [-0.15, -0.1) is 0 Å². The number of unbranched alkanes of at least 4 members (excludes halogenated alkanes) is 1. The lowest BCUT2D eigenvalue weighted by Gasteiger charge is -2.16. The summed E-state index contributed by atoms with van der Waals surface area (Å²) in [5.74, 6) is -0.00579. The molecule has 0 saturated carbocycles. The molecule has 0 bridgehead atoms. The number of anilines is 1. The maximum absolute atomic E-state index is 12.4. The van der Waals surface area contributed by atoms with Crippen molar-refractivity contribution in [2.24, 2.45) is 0 Å². The van der Waals surface area contributed by atoms with Gasteiger partial charge in [0.25, 0.3) is 5.91 Å². The zero-order valence-corrected chi connectivity index (χ0v) is 16.6. The molecule has 1 saturated heterocycles. The van der Waals surface area contributed by atoms with Crippen LogP contribution in [0.25, 0.3) is 0 Å². The molecule has 2 atom stereocenters. The minimum absolute atomic E-state index is 0.0950. The van der Waals surface area contributed by atoms with E-state index in [1.807, 2.05) is 21.6 Å². The minimum atomic E-state index is -3.00. The van der Waals surface area contributed by atoms with E-state index in [9.17, 15) is 18.4 Å².